The Bertz CT molecular complexity index is 241. The van der Waals surface area contributed by atoms with Gasteiger partial charge in [-0.2, -0.15) is 0 Å². The number of nitrogens with zero attached hydrogens (tertiary/aromatic N) is 1. The molecular formula is C11H19NO2. The highest BCUT2D eigenvalue weighted by Crippen LogP contribution is 2.46. The van der Waals surface area contributed by atoms with Crippen LogP contribution in [0, 0.1) is 11.3 Å². The summed E-state index contributed by atoms with van der Waals surface area (Å²) in [7, 11) is 0. The maximum atomic E-state index is 11.4. The van der Waals surface area contributed by atoms with Crippen molar-refractivity contribution in [2.75, 3.05) is 19.7 Å². The third-order valence-corrected chi connectivity index (χ3v) is 4.02. The second kappa shape index (κ2) is 3.54. The first-order valence-electron chi connectivity index (χ1n) is 5.54. The summed E-state index contributed by atoms with van der Waals surface area (Å²) >= 11 is 0. The maximum absolute atomic E-state index is 11.4. The van der Waals surface area contributed by atoms with Crippen LogP contribution in [-0.4, -0.2) is 35.6 Å². The Labute approximate surface area is 85.1 Å². The highest BCUT2D eigenvalue weighted by molar-refractivity contribution is 5.77. The summed E-state index contributed by atoms with van der Waals surface area (Å²) < 4.78 is 0. The first-order chi connectivity index (χ1) is 6.65. The highest BCUT2D eigenvalue weighted by atomic mass is 16.3. The smallest absolute Gasteiger partial charge is 0.248 e. The van der Waals surface area contributed by atoms with E-state index in [1.807, 2.05) is 4.90 Å². The molecule has 0 aromatic carbocycles. The van der Waals surface area contributed by atoms with Gasteiger partial charge in [0.05, 0.1) is 0 Å². The molecule has 14 heavy (non-hydrogen) atoms. The summed E-state index contributed by atoms with van der Waals surface area (Å²) in [4.78, 5) is 13.2. The molecule has 2 fully saturated rings. The fraction of sp³-hybridized carbons (Fsp3) is 0.909. The first kappa shape index (κ1) is 9.97. The van der Waals surface area contributed by atoms with Crippen molar-refractivity contribution in [2.24, 2.45) is 11.3 Å². The molecule has 0 spiro atoms. The second-order valence-electron chi connectivity index (χ2n) is 5.03. The van der Waals surface area contributed by atoms with Gasteiger partial charge in [-0.3, -0.25) is 4.79 Å². The summed E-state index contributed by atoms with van der Waals surface area (Å²) in [5.74, 6) is 0.576. The van der Waals surface area contributed by atoms with Gasteiger partial charge in [0.1, 0.15) is 6.61 Å². The molecule has 2 atom stereocenters. The molecule has 1 aliphatic carbocycles. The van der Waals surface area contributed by atoms with Gasteiger partial charge in [-0.1, -0.05) is 19.8 Å². The summed E-state index contributed by atoms with van der Waals surface area (Å²) in [6, 6.07) is 0. The fourth-order valence-corrected chi connectivity index (χ4v) is 3.05. The van der Waals surface area contributed by atoms with Crippen LogP contribution < -0.4 is 0 Å². The van der Waals surface area contributed by atoms with E-state index in [-0.39, 0.29) is 12.5 Å². The highest BCUT2D eigenvalue weighted by Gasteiger charge is 2.45. The van der Waals surface area contributed by atoms with E-state index in [1.165, 1.54) is 25.7 Å². The summed E-state index contributed by atoms with van der Waals surface area (Å²) in [5, 5.41) is 8.82. The minimum atomic E-state index is -0.331. The topological polar surface area (TPSA) is 40.5 Å². The van der Waals surface area contributed by atoms with E-state index in [0.717, 1.165) is 13.1 Å². The van der Waals surface area contributed by atoms with Crippen LogP contribution in [0.3, 0.4) is 0 Å². The summed E-state index contributed by atoms with van der Waals surface area (Å²) in [6.45, 7) is 3.69. The monoisotopic (exact) mass is 197 g/mol. The Hall–Kier alpha value is -0.570. The molecule has 0 aromatic rings. The summed E-state index contributed by atoms with van der Waals surface area (Å²) in [5.41, 5.74) is 0.336. The summed E-state index contributed by atoms with van der Waals surface area (Å²) in [6.07, 6.45) is 5.11. The van der Waals surface area contributed by atoms with Crippen molar-refractivity contribution >= 4 is 5.91 Å². The van der Waals surface area contributed by atoms with Crippen molar-refractivity contribution in [2.45, 2.75) is 32.6 Å². The third kappa shape index (κ3) is 1.54. The van der Waals surface area contributed by atoms with E-state index >= 15 is 0 Å². The van der Waals surface area contributed by atoms with Crippen molar-refractivity contribution in [3.8, 4) is 0 Å². The van der Waals surface area contributed by atoms with Gasteiger partial charge in [0.25, 0.3) is 0 Å². The number of carbonyl (C=O) groups is 1. The van der Waals surface area contributed by atoms with Gasteiger partial charge in [0.15, 0.2) is 0 Å². The number of hydrogen-bond donors (Lipinski definition) is 1. The van der Waals surface area contributed by atoms with Crippen molar-refractivity contribution < 1.29 is 9.90 Å². The minimum Gasteiger partial charge on any atom is -0.387 e. The number of aliphatic hydroxyl groups is 1. The zero-order chi connectivity index (χ0) is 10.2. The minimum absolute atomic E-state index is 0.0966. The molecule has 2 rings (SSSR count). The van der Waals surface area contributed by atoms with E-state index < -0.39 is 0 Å². The predicted octanol–water partition coefficient (Wildman–Crippen LogP) is 1.02. The lowest BCUT2D eigenvalue weighted by Crippen LogP contribution is -2.33. The molecule has 1 amide bonds. The Morgan fingerprint density at radius 1 is 1.57 bits per heavy atom. The number of fused-ring (bicyclic) bond motifs is 1. The number of aliphatic hydroxyl groups excluding tert-OH is 1. The molecule has 0 aromatic heterocycles. The van der Waals surface area contributed by atoms with Gasteiger partial charge < -0.3 is 10.0 Å². The Kier molecular flexibility index (Phi) is 2.52. The van der Waals surface area contributed by atoms with E-state index in [9.17, 15) is 4.79 Å². The molecule has 1 saturated carbocycles. The van der Waals surface area contributed by atoms with Crippen LogP contribution in [0.4, 0.5) is 0 Å². The Morgan fingerprint density at radius 2 is 2.36 bits per heavy atom. The van der Waals surface area contributed by atoms with E-state index in [1.54, 1.807) is 0 Å². The van der Waals surface area contributed by atoms with Gasteiger partial charge in [0, 0.05) is 13.1 Å². The third-order valence-electron chi connectivity index (χ3n) is 4.02. The maximum Gasteiger partial charge on any atom is 0.248 e. The molecule has 3 nitrogen and oxygen atoms in total. The SMILES string of the molecule is C[C@]12CCCC[C@H]1CN(C(=O)CO)C2. The zero-order valence-corrected chi connectivity index (χ0v) is 8.83. The van der Waals surface area contributed by atoms with Gasteiger partial charge in [-0.15, -0.1) is 0 Å². The lowest BCUT2D eigenvalue weighted by molar-refractivity contribution is -0.133. The van der Waals surface area contributed by atoms with Crippen LogP contribution in [0.1, 0.15) is 32.6 Å². The van der Waals surface area contributed by atoms with Crippen LogP contribution >= 0.6 is 0 Å². The van der Waals surface area contributed by atoms with Crippen LogP contribution in [-0.2, 0) is 4.79 Å². The molecule has 1 heterocycles. The second-order valence-corrected chi connectivity index (χ2v) is 5.03. The Balaban J connectivity index is 2.06. The van der Waals surface area contributed by atoms with Crippen LogP contribution in [0.5, 0.6) is 0 Å². The number of rotatable bonds is 1. The van der Waals surface area contributed by atoms with Gasteiger partial charge in [-0.05, 0) is 24.2 Å². The lowest BCUT2D eigenvalue weighted by atomic mass is 9.70. The number of hydrogen-bond acceptors (Lipinski definition) is 2. The molecule has 1 saturated heterocycles. The Morgan fingerprint density at radius 3 is 3.00 bits per heavy atom. The van der Waals surface area contributed by atoms with E-state index in [2.05, 4.69) is 6.92 Å². The van der Waals surface area contributed by atoms with Gasteiger partial charge >= 0.3 is 0 Å². The number of likely N-dealkylation sites (tertiary alicyclic amines) is 1. The zero-order valence-electron chi connectivity index (χ0n) is 8.83. The normalized spacial score (nSPS) is 37.0. The van der Waals surface area contributed by atoms with Crippen molar-refractivity contribution in [3.05, 3.63) is 0 Å². The lowest BCUT2D eigenvalue weighted by Gasteiger charge is -2.34. The van der Waals surface area contributed by atoms with Crippen molar-refractivity contribution in [1.82, 2.24) is 4.90 Å². The van der Waals surface area contributed by atoms with Crippen LogP contribution in [0.15, 0.2) is 0 Å². The average molecular weight is 197 g/mol. The molecular weight excluding hydrogens is 178 g/mol. The van der Waals surface area contributed by atoms with Gasteiger partial charge in [0.2, 0.25) is 5.91 Å². The predicted molar refractivity (Wildman–Crippen MR) is 53.7 cm³/mol. The standard InChI is InChI=1S/C11H19NO2/c1-11-5-3-2-4-9(11)6-12(8-11)10(14)7-13/h9,13H,2-8H2,1H3/t9-,11+/m0/s1. The molecule has 0 unspecified atom stereocenters. The van der Waals surface area contributed by atoms with Gasteiger partial charge in [-0.25, -0.2) is 0 Å². The molecule has 1 aliphatic heterocycles. The molecule has 1 N–H and O–H groups in total. The van der Waals surface area contributed by atoms with E-state index in [0.29, 0.717) is 11.3 Å². The van der Waals surface area contributed by atoms with E-state index in [4.69, 9.17) is 5.11 Å². The van der Waals surface area contributed by atoms with Crippen molar-refractivity contribution in [1.29, 1.82) is 0 Å². The average Bonchev–Trinajstić information content (AvgIpc) is 2.53. The quantitative estimate of drug-likeness (QED) is 0.681. The first-order valence-corrected chi connectivity index (χ1v) is 5.54. The molecule has 0 radical (unpaired) electrons. The molecule has 2 aliphatic rings. The van der Waals surface area contributed by atoms with Crippen molar-refractivity contribution in [3.63, 3.8) is 0 Å². The fourth-order valence-electron chi connectivity index (χ4n) is 3.05. The molecule has 0 bridgehead atoms. The molecule has 80 valence electrons. The largest absolute Gasteiger partial charge is 0.387 e. The van der Waals surface area contributed by atoms with Crippen LogP contribution in [0.2, 0.25) is 0 Å². The molecule has 3 heteroatoms. The van der Waals surface area contributed by atoms with Crippen LogP contribution in [0.25, 0.3) is 0 Å². The number of carbonyl (C=O) groups excluding carboxylic acids is 1. The number of amides is 1.